The van der Waals surface area contributed by atoms with Crippen LogP contribution in [0.2, 0.25) is 0 Å². The lowest BCUT2D eigenvalue weighted by atomic mass is 10.0. The van der Waals surface area contributed by atoms with Gasteiger partial charge in [-0.1, -0.05) is 28.9 Å². The van der Waals surface area contributed by atoms with Gasteiger partial charge in [-0.15, -0.1) is 24.0 Å². The topological polar surface area (TPSA) is 30.9 Å². The highest BCUT2D eigenvalue weighted by Gasteiger charge is 2.24. The molecule has 1 aromatic rings. The summed E-state index contributed by atoms with van der Waals surface area (Å²) in [5.41, 5.74) is 1.32. The summed E-state index contributed by atoms with van der Waals surface area (Å²) < 4.78 is 1.15. The van der Waals surface area contributed by atoms with Gasteiger partial charge in [0.2, 0.25) is 0 Å². The number of halogens is 2. The fourth-order valence-electron chi connectivity index (χ4n) is 3.86. The smallest absolute Gasteiger partial charge is 0.193 e. The molecule has 0 radical (unpaired) electrons. The van der Waals surface area contributed by atoms with Crippen LogP contribution in [0.4, 0.5) is 5.69 Å². The Labute approximate surface area is 177 Å². The SMILES string of the molecule is CN=C(NCC1CCN(c2cccc(Br)c2)C1)N1CCCC(C)C1.I. The minimum Gasteiger partial charge on any atom is -0.371 e. The van der Waals surface area contributed by atoms with E-state index in [9.17, 15) is 0 Å². The molecule has 0 saturated carbocycles. The van der Waals surface area contributed by atoms with Crippen LogP contribution >= 0.6 is 39.9 Å². The Morgan fingerprint density at radius 3 is 2.84 bits per heavy atom. The second kappa shape index (κ2) is 10.00. The number of anilines is 1. The molecule has 4 nitrogen and oxygen atoms in total. The van der Waals surface area contributed by atoms with Crippen molar-refractivity contribution in [1.82, 2.24) is 10.2 Å². The molecule has 1 N–H and O–H groups in total. The van der Waals surface area contributed by atoms with Crippen LogP contribution < -0.4 is 10.2 Å². The van der Waals surface area contributed by atoms with Crippen LogP contribution in [0.15, 0.2) is 33.7 Å². The average molecular weight is 521 g/mol. The van der Waals surface area contributed by atoms with Crippen molar-refractivity contribution in [3.63, 3.8) is 0 Å². The fraction of sp³-hybridized carbons (Fsp3) is 0.632. The van der Waals surface area contributed by atoms with Crippen molar-refractivity contribution in [2.24, 2.45) is 16.8 Å². The lowest BCUT2D eigenvalue weighted by molar-refractivity contribution is 0.265. The maximum absolute atomic E-state index is 4.51. The molecule has 2 atom stereocenters. The summed E-state index contributed by atoms with van der Waals surface area (Å²) in [5.74, 6) is 2.54. The molecule has 0 spiro atoms. The quantitative estimate of drug-likeness (QED) is 0.368. The van der Waals surface area contributed by atoms with Gasteiger partial charge in [0, 0.05) is 49.9 Å². The van der Waals surface area contributed by atoms with E-state index in [1.807, 2.05) is 7.05 Å². The highest BCUT2D eigenvalue weighted by molar-refractivity contribution is 14.0. The maximum Gasteiger partial charge on any atom is 0.193 e. The van der Waals surface area contributed by atoms with Crippen molar-refractivity contribution in [2.75, 3.05) is 44.7 Å². The number of piperidine rings is 1. The second-order valence-corrected chi connectivity index (χ2v) is 8.12. The van der Waals surface area contributed by atoms with E-state index in [1.54, 1.807) is 0 Å². The van der Waals surface area contributed by atoms with Gasteiger partial charge >= 0.3 is 0 Å². The zero-order valence-electron chi connectivity index (χ0n) is 15.2. The van der Waals surface area contributed by atoms with Crippen LogP contribution in [0, 0.1) is 11.8 Å². The molecule has 2 heterocycles. The summed E-state index contributed by atoms with van der Waals surface area (Å²) in [5, 5.41) is 3.63. The number of hydrogen-bond donors (Lipinski definition) is 1. The molecule has 2 unspecified atom stereocenters. The van der Waals surface area contributed by atoms with Crippen molar-refractivity contribution < 1.29 is 0 Å². The zero-order chi connectivity index (χ0) is 16.9. The molecule has 0 aliphatic carbocycles. The molecular formula is C19H30BrIN4. The minimum absolute atomic E-state index is 0. The first-order valence-electron chi connectivity index (χ1n) is 9.12. The standard InChI is InChI=1S/C19H29BrN4.HI/c1-15-5-4-9-24(13-15)19(21-2)22-12-16-8-10-23(14-16)18-7-3-6-17(20)11-18;/h3,6-7,11,15-16H,4-5,8-10,12-14H2,1-2H3,(H,21,22);1H. The third-order valence-electron chi connectivity index (χ3n) is 5.18. The number of benzene rings is 1. The molecule has 1 aromatic carbocycles. The normalized spacial score (nSPS) is 24.2. The first kappa shape index (κ1) is 20.8. The summed E-state index contributed by atoms with van der Waals surface area (Å²) in [6.07, 6.45) is 3.87. The van der Waals surface area contributed by atoms with E-state index in [1.165, 1.54) is 24.9 Å². The van der Waals surface area contributed by atoms with E-state index >= 15 is 0 Å². The number of aliphatic imine (C=N–C) groups is 1. The molecule has 6 heteroatoms. The molecule has 0 amide bonds. The molecule has 3 rings (SSSR count). The molecule has 2 fully saturated rings. The second-order valence-electron chi connectivity index (χ2n) is 7.20. The van der Waals surface area contributed by atoms with Gasteiger partial charge in [-0.25, -0.2) is 0 Å². The summed E-state index contributed by atoms with van der Waals surface area (Å²) in [6, 6.07) is 8.62. The van der Waals surface area contributed by atoms with Gasteiger partial charge in [0.05, 0.1) is 0 Å². The van der Waals surface area contributed by atoms with E-state index in [2.05, 4.69) is 67.2 Å². The van der Waals surface area contributed by atoms with Crippen LogP contribution in [0.3, 0.4) is 0 Å². The monoisotopic (exact) mass is 520 g/mol. The van der Waals surface area contributed by atoms with Crippen LogP contribution in [0.5, 0.6) is 0 Å². The first-order chi connectivity index (χ1) is 11.7. The Balaban J connectivity index is 0.00000225. The van der Waals surface area contributed by atoms with Gasteiger partial charge in [-0.3, -0.25) is 4.99 Å². The van der Waals surface area contributed by atoms with Crippen molar-refractivity contribution in [3.8, 4) is 0 Å². The van der Waals surface area contributed by atoms with Crippen LogP contribution in [0.1, 0.15) is 26.2 Å². The Morgan fingerprint density at radius 2 is 2.12 bits per heavy atom. The summed E-state index contributed by atoms with van der Waals surface area (Å²) in [7, 11) is 1.91. The Hall–Kier alpha value is -0.500. The lowest BCUT2D eigenvalue weighted by Gasteiger charge is -2.34. The van der Waals surface area contributed by atoms with Gasteiger partial charge in [0.1, 0.15) is 0 Å². The molecule has 0 bridgehead atoms. The molecule has 2 aliphatic heterocycles. The van der Waals surface area contributed by atoms with Crippen molar-refractivity contribution >= 4 is 51.6 Å². The van der Waals surface area contributed by atoms with Crippen molar-refractivity contribution in [3.05, 3.63) is 28.7 Å². The number of likely N-dealkylation sites (tertiary alicyclic amines) is 1. The van der Waals surface area contributed by atoms with Gasteiger partial charge < -0.3 is 15.1 Å². The third kappa shape index (κ3) is 5.74. The van der Waals surface area contributed by atoms with E-state index in [-0.39, 0.29) is 24.0 Å². The summed E-state index contributed by atoms with van der Waals surface area (Å²) >= 11 is 3.57. The largest absolute Gasteiger partial charge is 0.371 e. The van der Waals surface area contributed by atoms with Gasteiger partial charge in [-0.05, 0) is 49.3 Å². The lowest BCUT2D eigenvalue weighted by Crippen LogP contribution is -2.47. The summed E-state index contributed by atoms with van der Waals surface area (Å²) in [6.45, 7) is 7.89. The van der Waals surface area contributed by atoms with Crippen molar-refractivity contribution in [1.29, 1.82) is 0 Å². The molecule has 2 saturated heterocycles. The molecule has 2 aliphatic rings. The highest BCUT2D eigenvalue weighted by Crippen LogP contribution is 2.26. The third-order valence-corrected chi connectivity index (χ3v) is 5.67. The van der Waals surface area contributed by atoms with E-state index in [0.717, 1.165) is 49.1 Å². The molecule has 25 heavy (non-hydrogen) atoms. The number of nitrogens with one attached hydrogen (secondary N) is 1. The van der Waals surface area contributed by atoms with Gasteiger partial charge in [0.25, 0.3) is 0 Å². The van der Waals surface area contributed by atoms with Crippen LogP contribution in [0.25, 0.3) is 0 Å². The highest BCUT2D eigenvalue weighted by atomic mass is 127. The Bertz CT molecular complexity index is 580. The van der Waals surface area contributed by atoms with Gasteiger partial charge in [0.15, 0.2) is 5.96 Å². The van der Waals surface area contributed by atoms with Crippen LogP contribution in [-0.2, 0) is 0 Å². The minimum atomic E-state index is 0. The van der Waals surface area contributed by atoms with Gasteiger partial charge in [-0.2, -0.15) is 0 Å². The van der Waals surface area contributed by atoms with Crippen molar-refractivity contribution in [2.45, 2.75) is 26.2 Å². The van der Waals surface area contributed by atoms with E-state index < -0.39 is 0 Å². The predicted octanol–water partition coefficient (Wildman–Crippen LogP) is 4.20. The average Bonchev–Trinajstić information content (AvgIpc) is 3.05. The number of guanidine groups is 1. The molecular weight excluding hydrogens is 491 g/mol. The zero-order valence-corrected chi connectivity index (χ0v) is 19.2. The Kier molecular flexibility index (Phi) is 8.32. The fourth-order valence-corrected chi connectivity index (χ4v) is 4.24. The Morgan fingerprint density at radius 1 is 1.28 bits per heavy atom. The first-order valence-corrected chi connectivity index (χ1v) is 9.91. The summed E-state index contributed by atoms with van der Waals surface area (Å²) in [4.78, 5) is 9.42. The molecule has 0 aromatic heterocycles. The molecule has 140 valence electrons. The van der Waals surface area contributed by atoms with E-state index in [4.69, 9.17) is 0 Å². The van der Waals surface area contributed by atoms with Crippen LogP contribution in [-0.4, -0.2) is 50.6 Å². The number of nitrogens with zero attached hydrogens (tertiary/aromatic N) is 3. The maximum atomic E-state index is 4.51. The number of rotatable bonds is 3. The number of hydrogen-bond acceptors (Lipinski definition) is 2. The predicted molar refractivity (Wildman–Crippen MR) is 121 cm³/mol. The van der Waals surface area contributed by atoms with E-state index in [0.29, 0.717) is 5.92 Å².